The third-order valence-corrected chi connectivity index (χ3v) is 5.89. The first-order valence-corrected chi connectivity index (χ1v) is 9.78. The van der Waals surface area contributed by atoms with E-state index < -0.39 is 0 Å². The maximum absolute atomic E-state index is 6.26. The molecule has 3 aromatic rings. The molecule has 4 heteroatoms. The molecular formula is C22H24N2O2. The maximum atomic E-state index is 6.26. The molecule has 0 saturated heterocycles. The Bertz CT molecular complexity index is 1110. The van der Waals surface area contributed by atoms with Crippen LogP contribution in [0, 0.1) is 13.8 Å². The average Bonchev–Trinajstić information content (AvgIpc) is 3.28. The summed E-state index contributed by atoms with van der Waals surface area (Å²) in [6.45, 7) is 4.22. The number of hydrogen-bond acceptors (Lipinski definition) is 4. The quantitative estimate of drug-likeness (QED) is 0.545. The van der Waals surface area contributed by atoms with E-state index in [1.54, 1.807) is 0 Å². The van der Waals surface area contributed by atoms with E-state index in [4.69, 9.17) is 8.83 Å². The molecule has 0 bridgehead atoms. The van der Waals surface area contributed by atoms with Crippen LogP contribution in [-0.2, 0) is 12.8 Å². The first-order chi connectivity index (χ1) is 12.7. The van der Waals surface area contributed by atoms with Crippen molar-refractivity contribution in [3.8, 4) is 0 Å². The number of furan rings is 1. The number of rotatable bonds is 1. The van der Waals surface area contributed by atoms with Gasteiger partial charge in [-0.05, 0) is 81.5 Å². The van der Waals surface area contributed by atoms with Gasteiger partial charge in [-0.25, -0.2) is 0 Å². The summed E-state index contributed by atoms with van der Waals surface area (Å²) in [4.78, 5) is 0. The lowest BCUT2D eigenvalue weighted by Crippen LogP contribution is -2.11. The van der Waals surface area contributed by atoms with E-state index in [2.05, 4.69) is 30.1 Å². The minimum Gasteiger partial charge on any atom is -0.463 e. The maximum Gasteiger partial charge on any atom is 0.242 e. The molecule has 0 aliphatic heterocycles. The second kappa shape index (κ2) is 6.11. The summed E-state index contributed by atoms with van der Waals surface area (Å²) in [7, 11) is 0. The molecule has 134 valence electrons. The van der Waals surface area contributed by atoms with Gasteiger partial charge in [-0.3, -0.25) is 0 Å². The van der Waals surface area contributed by atoms with Crippen LogP contribution in [0.25, 0.3) is 21.9 Å². The Morgan fingerprint density at radius 1 is 0.808 bits per heavy atom. The van der Waals surface area contributed by atoms with Crippen molar-refractivity contribution in [2.75, 3.05) is 0 Å². The summed E-state index contributed by atoms with van der Waals surface area (Å²) in [5, 5.41) is 11.5. The van der Waals surface area contributed by atoms with E-state index in [9.17, 15) is 0 Å². The molecule has 26 heavy (non-hydrogen) atoms. The summed E-state index contributed by atoms with van der Waals surface area (Å²) in [6.07, 6.45) is 11.0. The monoisotopic (exact) mass is 348 g/mol. The van der Waals surface area contributed by atoms with Gasteiger partial charge in [-0.15, -0.1) is 5.10 Å². The fourth-order valence-corrected chi connectivity index (χ4v) is 4.62. The van der Waals surface area contributed by atoms with Gasteiger partial charge in [0.05, 0.1) is 11.6 Å². The van der Waals surface area contributed by atoms with Gasteiger partial charge in [-0.2, -0.15) is 5.10 Å². The third kappa shape index (κ3) is 2.43. The van der Waals surface area contributed by atoms with Crippen LogP contribution in [0.5, 0.6) is 0 Å². The standard InChI is InChI=1S/C22H24N2O2/c1-13-11-18-20(21-19(13)14(2)12-25-21)16-9-6-10-17(16)22(26-18)24-23-15-7-4-3-5-8-15/h11-12H,3-10H2,1-2H3. The molecule has 0 atom stereocenters. The highest BCUT2D eigenvalue weighted by atomic mass is 16.3. The predicted octanol–water partition coefficient (Wildman–Crippen LogP) is 5.51. The van der Waals surface area contributed by atoms with Crippen molar-refractivity contribution >= 4 is 27.7 Å². The van der Waals surface area contributed by atoms with Crippen LogP contribution in [0.4, 0.5) is 0 Å². The normalized spacial score (nSPS) is 18.1. The van der Waals surface area contributed by atoms with Gasteiger partial charge in [0, 0.05) is 16.7 Å². The van der Waals surface area contributed by atoms with E-state index in [0.29, 0.717) is 5.55 Å². The highest BCUT2D eigenvalue weighted by molar-refractivity contribution is 6.07. The van der Waals surface area contributed by atoms with Crippen LogP contribution in [0.15, 0.2) is 31.4 Å². The van der Waals surface area contributed by atoms with Crippen molar-refractivity contribution in [3.63, 3.8) is 0 Å². The molecule has 2 aliphatic rings. The van der Waals surface area contributed by atoms with Crippen LogP contribution >= 0.6 is 0 Å². The SMILES string of the molecule is Cc1coc2c1c(C)cc1oc(=NN=C3CCCCC3)c3c(c12)CCC3. The molecule has 1 fully saturated rings. The largest absolute Gasteiger partial charge is 0.463 e. The lowest BCUT2D eigenvalue weighted by molar-refractivity contribution is 0.526. The Morgan fingerprint density at radius 2 is 1.62 bits per heavy atom. The van der Waals surface area contributed by atoms with E-state index in [0.717, 1.165) is 48.7 Å². The van der Waals surface area contributed by atoms with Crippen molar-refractivity contribution in [2.45, 2.75) is 65.2 Å². The zero-order valence-corrected chi connectivity index (χ0v) is 15.5. The number of benzene rings is 1. The minimum atomic E-state index is 0.699. The van der Waals surface area contributed by atoms with Gasteiger partial charge >= 0.3 is 0 Å². The molecule has 2 aromatic heterocycles. The van der Waals surface area contributed by atoms with Gasteiger partial charge in [0.2, 0.25) is 5.55 Å². The molecular weight excluding hydrogens is 324 g/mol. The number of nitrogens with zero attached hydrogens (tertiary/aromatic N) is 2. The molecule has 1 saturated carbocycles. The molecule has 0 N–H and O–H groups in total. The summed E-state index contributed by atoms with van der Waals surface area (Å²) in [5.41, 5.74) is 8.67. The summed E-state index contributed by atoms with van der Waals surface area (Å²) in [6, 6.07) is 2.13. The van der Waals surface area contributed by atoms with Crippen LogP contribution < -0.4 is 5.55 Å². The van der Waals surface area contributed by atoms with Gasteiger partial charge in [0.1, 0.15) is 11.2 Å². The fraction of sp³-hybridized carbons (Fsp3) is 0.455. The van der Waals surface area contributed by atoms with E-state index >= 15 is 0 Å². The van der Waals surface area contributed by atoms with Crippen molar-refractivity contribution < 1.29 is 8.83 Å². The number of fused-ring (bicyclic) bond motifs is 5. The highest BCUT2D eigenvalue weighted by Crippen LogP contribution is 2.36. The van der Waals surface area contributed by atoms with Gasteiger partial charge < -0.3 is 8.83 Å². The Kier molecular flexibility index (Phi) is 3.73. The Labute approximate surface area is 152 Å². The fourth-order valence-electron chi connectivity index (χ4n) is 4.62. The topological polar surface area (TPSA) is 51.0 Å². The summed E-state index contributed by atoms with van der Waals surface area (Å²) < 4.78 is 12.2. The zero-order valence-electron chi connectivity index (χ0n) is 15.5. The molecule has 2 aliphatic carbocycles. The predicted molar refractivity (Wildman–Crippen MR) is 104 cm³/mol. The number of hydrogen-bond donors (Lipinski definition) is 0. The van der Waals surface area contributed by atoms with Crippen molar-refractivity contribution in [2.24, 2.45) is 10.2 Å². The second-order valence-corrected chi connectivity index (χ2v) is 7.73. The summed E-state index contributed by atoms with van der Waals surface area (Å²) >= 11 is 0. The Hall–Kier alpha value is -2.36. The van der Waals surface area contributed by atoms with E-state index in [1.807, 2.05) is 6.26 Å². The molecule has 2 heterocycles. The average molecular weight is 348 g/mol. The van der Waals surface area contributed by atoms with E-state index in [-0.39, 0.29) is 0 Å². The van der Waals surface area contributed by atoms with Gasteiger partial charge in [0.15, 0.2) is 0 Å². The molecule has 0 amide bonds. The molecule has 1 aromatic carbocycles. The molecule has 0 spiro atoms. The molecule has 4 nitrogen and oxygen atoms in total. The second-order valence-electron chi connectivity index (χ2n) is 7.73. The van der Waals surface area contributed by atoms with Crippen LogP contribution in [-0.4, -0.2) is 5.71 Å². The van der Waals surface area contributed by atoms with Crippen molar-refractivity contribution in [1.29, 1.82) is 0 Å². The first kappa shape index (κ1) is 15.9. The van der Waals surface area contributed by atoms with Crippen molar-refractivity contribution in [1.82, 2.24) is 0 Å². The smallest absolute Gasteiger partial charge is 0.242 e. The molecule has 0 unspecified atom stereocenters. The zero-order chi connectivity index (χ0) is 17.7. The van der Waals surface area contributed by atoms with Crippen LogP contribution in [0.3, 0.4) is 0 Å². The van der Waals surface area contributed by atoms with Gasteiger partial charge in [0.25, 0.3) is 0 Å². The molecule has 0 radical (unpaired) electrons. The lowest BCUT2D eigenvalue weighted by atomic mass is 9.99. The van der Waals surface area contributed by atoms with Crippen LogP contribution in [0.2, 0.25) is 0 Å². The van der Waals surface area contributed by atoms with Crippen LogP contribution in [0.1, 0.15) is 60.8 Å². The van der Waals surface area contributed by atoms with E-state index in [1.165, 1.54) is 52.6 Å². The Morgan fingerprint density at radius 3 is 2.46 bits per heavy atom. The molecule has 5 rings (SSSR count). The third-order valence-electron chi connectivity index (χ3n) is 5.89. The van der Waals surface area contributed by atoms with Crippen molar-refractivity contribution in [3.05, 3.63) is 40.1 Å². The minimum absolute atomic E-state index is 0.699. The first-order valence-electron chi connectivity index (χ1n) is 9.78. The summed E-state index contributed by atoms with van der Waals surface area (Å²) in [5.74, 6) is 0. The van der Waals surface area contributed by atoms with Gasteiger partial charge in [-0.1, -0.05) is 6.42 Å². The lowest BCUT2D eigenvalue weighted by Gasteiger charge is -2.10. The Balaban J connectivity index is 1.78. The number of aryl methyl sites for hydroxylation is 3. The highest BCUT2D eigenvalue weighted by Gasteiger charge is 2.23.